The molecule has 0 radical (unpaired) electrons. The highest BCUT2D eigenvalue weighted by Crippen LogP contribution is 2.25. The summed E-state index contributed by atoms with van der Waals surface area (Å²) in [6, 6.07) is 30.3. The van der Waals surface area contributed by atoms with Crippen LogP contribution in [0.4, 0.5) is 15.8 Å². The first-order valence-corrected chi connectivity index (χ1v) is 16.5. The Kier molecular flexibility index (Phi) is 10.3. The van der Waals surface area contributed by atoms with Gasteiger partial charge in [-0.3, -0.25) is 14.4 Å². The molecule has 230 valence electrons. The zero-order valence-corrected chi connectivity index (χ0v) is 25.4. The van der Waals surface area contributed by atoms with Gasteiger partial charge in [0.25, 0.3) is 0 Å². The van der Waals surface area contributed by atoms with Gasteiger partial charge in [-0.25, -0.2) is 12.8 Å². The van der Waals surface area contributed by atoms with Crippen molar-refractivity contribution < 1.29 is 22.3 Å². The predicted molar refractivity (Wildman–Crippen MR) is 172 cm³/mol. The molecule has 1 aliphatic heterocycles. The van der Waals surface area contributed by atoms with E-state index in [9.17, 15) is 17.6 Å². The number of carbonyl (C=O) groups is 1. The molecule has 3 N–H and O–H groups in total. The Morgan fingerprint density at radius 3 is 2.05 bits per heavy atom. The molecule has 1 amide bonds. The van der Waals surface area contributed by atoms with Crippen molar-refractivity contribution in [2.45, 2.75) is 37.9 Å². The summed E-state index contributed by atoms with van der Waals surface area (Å²) < 4.78 is 44.5. The van der Waals surface area contributed by atoms with Crippen molar-refractivity contribution in [3.63, 3.8) is 0 Å². The van der Waals surface area contributed by atoms with Gasteiger partial charge in [0.1, 0.15) is 17.3 Å². The number of nitrogens with zero attached hydrogens (tertiary/aromatic N) is 1. The summed E-state index contributed by atoms with van der Waals surface area (Å²) in [6.07, 6.45) is 3.51. The molecule has 1 heterocycles. The lowest BCUT2D eigenvalue weighted by Crippen LogP contribution is -2.51. The summed E-state index contributed by atoms with van der Waals surface area (Å²) in [5.74, 6) is 0.838. The molecule has 4 aromatic carbocycles. The number of likely N-dealkylation sites (tertiary alicyclic amines) is 1. The fourth-order valence-corrected chi connectivity index (χ4v) is 5.81. The van der Waals surface area contributed by atoms with Gasteiger partial charge >= 0.3 is 0 Å². The van der Waals surface area contributed by atoms with E-state index in [1.54, 1.807) is 36.4 Å². The van der Waals surface area contributed by atoms with E-state index in [2.05, 4.69) is 32.4 Å². The average Bonchev–Trinajstić information content (AvgIpc) is 3.01. The van der Waals surface area contributed by atoms with Crippen molar-refractivity contribution in [3.8, 4) is 11.5 Å². The second kappa shape index (κ2) is 14.5. The molecule has 0 aliphatic carbocycles. The van der Waals surface area contributed by atoms with Crippen molar-refractivity contribution in [1.29, 1.82) is 0 Å². The SMILES string of the molecule is CS(=O)(=O)Nc1ccc(Oc2ccc(CN3CCC(NC(Cc4ccccc4)C(=O)Nc4ccc(F)cc4)CC3)cc2)cc1. The first-order valence-electron chi connectivity index (χ1n) is 14.6. The van der Waals surface area contributed by atoms with Gasteiger partial charge < -0.3 is 15.4 Å². The Morgan fingerprint density at radius 1 is 0.841 bits per heavy atom. The van der Waals surface area contributed by atoms with Gasteiger partial charge in [0.05, 0.1) is 12.3 Å². The summed E-state index contributed by atoms with van der Waals surface area (Å²) >= 11 is 0. The van der Waals surface area contributed by atoms with E-state index in [0.29, 0.717) is 29.3 Å². The van der Waals surface area contributed by atoms with Crippen LogP contribution in [0.25, 0.3) is 0 Å². The number of benzene rings is 4. The molecule has 44 heavy (non-hydrogen) atoms. The minimum Gasteiger partial charge on any atom is -0.457 e. The van der Waals surface area contributed by atoms with Crippen LogP contribution in [0.1, 0.15) is 24.0 Å². The lowest BCUT2D eigenvalue weighted by molar-refractivity contribution is -0.118. The summed E-state index contributed by atoms with van der Waals surface area (Å²) in [5.41, 5.74) is 3.30. The normalized spacial score (nSPS) is 15.0. The van der Waals surface area contributed by atoms with Gasteiger partial charge in [0, 0.05) is 24.0 Å². The number of halogens is 1. The third-order valence-corrected chi connectivity index (χ3v) is 8.06. The standard InChI is InChI=1S/C34H37FN4O4S/c1-44(41,42)38-30-13-17-32(18-14-30)43-31-15-7-26(8-16-31)24-39-21-19-29(20-22-39)36-33(23-25-5-3-2-4-6-25)34(40)37-28-11-9-27(35)10-12-28/h2-18,29,33,36,38H,19-24H2,1H3,(H,37,40). The number of nitrogens with one attached hydrogen (secondary N) is 3. The molecule has 1 fully saturated rings. The number of hydrogen-bond acceptors (Lipinski definition) is 6. The average molecular weight is 617 g/mol. The molecular formula is C34H37FN4O4S. The maximum atomic E-state index is 13.3. The van der Waals surface area contributed by atoms with Gasteiger partial charge in [-0.1, -0.05) is 42.5 Å². The highest BCUT2D eigenvalue weighted by Gasteiger charge is 2.26. The van der Waals surface area contributed by atoms with E-state index < -0.39 is 16.1 Å². The topological polar surface area (TPSA) is 99.8 Å². The number of amides is 1. The second-order valence-corrected chi connectivity index (χ2v) is 12.8. The van der Waals surface area contributed by atoms with Crippen molar-refractivity contribution in [2.24, 2.45) is 0 Å². The summed E-state index contributed by atoms with van der Waals surface area (Å²) in [4.78, 5) is 15.7. The number of piperidine rings is 1. The molecule has 0 aromatic heterocycles. The summed E-state index contributed by atoms with van der Waals surface area (Å²) in [5, 5.41) is 6.54. The highest BCUT2D eigenvalue weighted by molar-refractivity contribution is 7.92. The molecule has 8 nitrogen and oxygen atoms in total. The number of rotatable bonds is 12. The van der Waals surface area contributed by atoms with E-state index in [1.807, 2.05) is 42.5 Å². The van der Waals surface area contributed by atoms with Gasteiger partial charge in [-0.2, -0.15) is 0 Å². The zero-order valence-electron chi connectivity index (χ0n) is 24.6. The van der Waals surface area contributed by atoms with Crippen LogP contribution in [0.3, 0.4) is 0 Å². The van der Waals surface area contributed by atoms with E-state index in [0.717, 1.165) is 44.3 Å². The Bertz CT molecular complexity index is 1610. The quantitative estimate of drug-likeness (QED) is 0.186. The first-order chi connectivity index (χ1) is 21.2. The number of hydrogen-bond donors (Lipinski definition) is 3. The highest BCUT2D eigenvalue weighted by atomic mass is 32.2. The fourth-order valence-electron chi connectivity index (χ4n) is 5.24. The molecule has 0 bridgehead atoms. The third-order valence-electron chi connectivity index (χ3n) is 7.46. The Balaban J connectivity index is 1.12. The molecule has 0 spiro atoms. The number of sulfonamides is 1. The molecule has 1 unspecified atom stereocenters. The van der Waals surface area contributed by atoms with Crippen LogP contribution in [0.15, 0.2) is 103 Å². The van der Waals surface area contributed by atoms with Gasteiger partial charge in [0.2, 0.25) is 15.9 Å². The fraction of sp³-hybridized carbons (Fsp3) is 0.265. The van der Waals surface area contributed by atoms with Crippen LogP contribution in [-0.4, -0.2) is 50.7 Å². The van der Waals surface area contributed by atoms with Crippen LogP contribution in [-0.2, 0) is 27.8 Å². The molecule has 1 aliphatic rings. The maximum Gasteiger partial charge on any atom is 0.241 e. The van der Waals surface area contributed by atoms with Crippen molar-refractivity contribution in [3.05, 3.63) is 120 Å². The van der Waals surface area contributed by atoms with Crippen molar-refractivity contribution >= 4 is 27.3 Å². The van der Waals surface area contributed by atoms with Crippen molar-refractivity contribution in [2.75, 3.05) is 29.4 Å². The van der Waals surface area contributed by atoms with E-state index in [-0.39, 0.29) is 17.8 Å². The van der Waals surface area contributed by atoms with E-state index >= 15 is 0 Å². The molecule has 10 heteroatoms. The van der Waals surface area contributed by atoms with Gasteiger partial charge in [-0.05, 0) is 104 Å². The minimum absolute atomic E-state index is 0.133. The minimum atomic E-state index is -3.33. The summed E-state index contributed by atoms with van der Waals surface area (Å²) in [7, 11) is -3.33. The van der Waals surface area contributed by atoms with E-state index in [1.165, 1.54) is 17.7 Å². The monoisotopic (exact) mass is 616 g/mol. The lowest BCUT2D eigenvalue weighted by atomic mass is 9.99. The number of carbonyl (C=O) groups excluding carboxylic acids is 1. The van der Waals surface area contributed by atoms with E-state index in [4.69, 9.17) is 4.74 Å². The largest absolute Gasteiger partial charge is 0.457 e. The Labute approximate surface area is 258 Å². The molecule has 5 rings (SSSR count). The van der Waals surface area contributed by atoms with Gasteiger partial charge in [0.15, 0.2) is 0 Å². The second-order valence-electron chi connectivity index (χ2n) is 11.1. The van der Waals surface area contributed by atoms with Crippen LogP contribution in [0.5, 0.6) is 11.5 Å². The van der Waals surface area contributed by atoms with Gasteiger partial charge in [-0.15, -0.1) is 0 Å². The zero-order chi connectivity index (χ0) is 30.9. The molecule has 1 atom stereocenters. The van der Waals surface area contributed by atoms with Crippen molar-refractivity contribution in [1.82, 2.24) is 10.2 Å². The Hall–Kier alpha value is -4.25. The first kappa shape index (κ1) is 31.2. The van der Waals surface area contributed by atoms with Crippen LogP contribution >= 0.6 is 0 Å². The van der Waals surface area contributed by atoms with Crippen LogP contribution < -0.4 is 20.1 Å². The molecular weight excluding hydrogens is 579 g/mol. The molecule has 0 saturated carbocycles. The Morgan fingerprint density at radius 2 is 1.43 bits per heavy atom. The lowest BCUT2D eigenvalue weighted by Gasteiger charge is -2.34. The maximum absolute atomic E-state index is 13.3. The molecule has 1 saturated heterocycles. The number of ether oxygens (including phenoxy) is 1. The third kappa shape index (κ3) is 9.63. The smallest absolute Gasteiger partial charge is 0.241 e. The molecule has 4 aromatic rings. The van der Waals surface area contributed by atoms with Crippen LogP contribution in [0.2, 0.25) is 0 Å². The van der Waals surface area contributed by atoms with Crippen LogP contribution in [0, 0.1) is 5.82 Å². The number of anilines is 2. The predicted octanol–water partition coefficient (Wildman–Crippen LogP) is 5.79. The summed E-state index contributed by atoms with van der Waals surface area (Å²) in [6.45, 7) is 2.63.